The Kier molecular flexibility index (Phi) is 4.20. The second-order valence-electron chi connectivity index (χ2n) is 4.33. The van der Waals surface area contributed by atoms with Gasteiger partial charge in [-0.25, -0.2) is 4.98 Å². The van der Waals surface area contributed by atoms with Gasteiger partial charge in [0.25, 0.3) is 0 Å². The zero-order valence-electron chi connectivity index (χ0n) is 10.8. The number of nitrogens with one attached hydrogen (secondary N) is 1. The molecule has 0 aliphatic carbocycles. The highest BCUT2D eigenvalue weighted by Crippen LogP contribution is 2.16. The van der Waals surface area contributed by atoms with Crippen LogP contribution in [0.5, 0.6) is 0 Å². The van der Waals surface area contributed by atoms with Crippen molar-refractivity contribution in [2.75, 3.05) is 49.5 Å². The van der Waals surface area contributed by atoms with Crippen molar-refractivity contribution in [3.63, 3.8) is 0 Å². The van der Waals surface area contributed by atoms with Crippen LogP contribution in [0.15, 0.2) is 18.2 Å². The topological polar surface area (TPSA) is 31.4 Å². The summed E-state index contributed by atoms with van der Waals surface area (Å²) in [6, 6.07) is 6.20. The van der Waals surface area contributed by atoms with E-state index in [0.29, 0.717) is 0 Å². The number of hydrogen-bond acceptors (Lipinski definition) is 4. The van der Waals surface area contributed by atoms with Gasteiger partial charge in [-0.05, 0) is 25.6 Å². The van der Waals surface area contributed by atoms with Crippen molar-refractivity contribution >= 4 is 11.6 Å². The summed E-state index contributed by atoms with van der Waals surface area (Å²) < 4.78 is 0. The van der Waals surface area contributed by atoms with Crippen molar-refractivity contribution in [1.29, 1.82) is 0 Å². The standard InChI is InChI=1S/C13H22N4/c1-3-14-12-6-5-7-13(15-12)17-10-8-16(4-2)9-11-17/h5-7H,3-4,8-11H2,1-2H3,(H,14,15). The monoisotopic (exact) mass is 234 g/mol. The molecule has 2 rings (SSSR count). The largest absolute Gasteiger partial charge is 0.370 e. The molecule has 1 aromatic heterocycles. The van der Waals surface area contributed by atoms with Gasteiger partial charge in [-0.1, -0.05) is 13.0 Å². The second-order valence-corrected chi connectivity index (χ2v) is 4.33. The Hall–Kier alpha value is -1.29. The third kappa shape index (κ3) is 3.09. The lowest BCUT2D eigenvalue weighted by atomic mass is 10.3. The summed E-state index contributed by atoms with van der Waals surface area (Å²) in [5.74, 6) is 2.07. The van der Waals surface area contributed by atoms with Crippen LogP contribution in [-0.4, -0.2) is 49.2 Å². The van der Waals surface area contributed by atoms with E-state index in [1.807, 2.05) is 6.07 Å². The van der Waals surface area contributed by atoms with Crippen LogP contribution in [0.4, 0.5) is 11.6 Å². The van der Waals surface area contributed by atoms with Crippen LogP contribution < -0.4 is 10.2 Å². The summed E-state index contributed by atoms with van der Waals surface area (Å²) in [4.78, 5) is 9.48. The van der Waals surface area contributed by atoms with Gasteiger partial charge in [-0.15, -0.1) is 0 Å². The van der Waals surface area contributed by atoms with E-state index >= 15 is 0 Å². The molecule has 0 saturated carbocycles. The molecule has 0 radical (unpaired) electrons. The third-order valence-corrected chi connectivity index (χ3v) is 3.24. The highest BCUT2D eigenvalue weighted by atomic mass is 15.3. The second kappa shape index (κ2) is 5.87. The number of nitrogens with zero attached hydrogens (tertiary/aromatic N) is 3. The van der Waals surface area contributed by atoms with Crippen molar-refractivity contribution in [3.8, 4) is 0 Å². The number of anilines is 2. The predicted octanol–water partition coefficient (Wildman–Crippen LogP) is 1.66. The fourth-order valence-electron chi connectivity index (χ4n) is 2.17. The van der Waals surface area contributed by atoms with Crippen molar-refractivity contribution in [1.82, 2.24) is 9.88 Å². The molecular formula is C13H22N4. The molecule has 0 spiro atoms. The Balaban J connectivity index is 2.00. The number of likely N-dealkylation sites (N-methyl/N-ethyl adjacent to an activating group) is 1. The van der Waals surface area contributed by atoms with Crippen LogP contribution in [0.1, 0.15) is 13.8 Å². The fourth-order valence-corrected chi connectivity index (χ4v) is 2.17. The van der Waals surface area contributed by atoms with Crippen molar-refractivity contribution in [2.24, 2.45) is 0 Å². The lowest BCUT2D eigenvalue weighted by Gasteiger charge is -2.34. The lowest BCUT2D eigenvalue weighted by Crippen LogP contribution is -2.46. The van der Waals surface area contributed by atoms with E-state index in [0.717, 1.165) is 50.9 Å². The molecule has 0 amide bonds. The first kappa shape index (κ1) is 12.2. The summed E-state index contributed by atoms with van der Waals surface area (Å²) >= 11 is 0. The third-order valence-electron chi connectivity index (χ3n) is 3.24. The van der Waals surface area contributed by atoms with E-state index in [4.69, 9.17) is 0 Å². The van der Waals surface area contributed by atoms with Gasteiger partial charge in [0.15, 0.2) is 0 Å². The maximum Gasteiger partial charge on any atom is 0.131 e. The van der Waals surface area contributed by atoms with Gasteiger partial charge in [0.2, 0.25) is 0 Å². The summed E-state index contributed by atoms with van der Waals surface area (Å²) in [6.45, 7) is 10.8. The van der Waals surface area contributed by atoms with Crippen LogP contribution in [0.2, 0.25) is 0 Å². The molecule has 94 valence electrons. The summed E-state index contributed by atoms with van der Waals surface area (Å²) in [7, 11) is 0. The first-order chi connectivity index (χ1) is 8.33. The van der Waals surface area contributed by atoms with E-state index in [9.17, 15) is 0 Å². The maximum absolute atomic E-state index is 4.63. The van der Waals surface area contributed by atoms with E-state index in [1.165, 1.54) is 0 Å². The average Bonchev–Trinajstić information content (AvgIpc) is 2.40. The van der Waals surface area contributed by atoms with Gasteiger partial charge < -0.3 is 15.1 Å². The van der Waals surface area contributed by atoms with Crippen LogP contribution in [-0.2, 0) is 0 Å². The minimum Gasteiger partial charge on any atom is -0.370 e. The Morgan fingerprint density at radius 2 is 1.94 bits per heavy atom. The highest BCUT2D eigenvalue weighted by Gasteiger charge is 2.16. The van der Waals surface area contributed by atoms with Gasteiger partial charge in [0, 0.05) is 32.7 Å². The summed E-state index contributed by atoms with van der Waals surface area (Å²) in [5.41, 5.74) is 0. The molecule has 0 unspecified atom stereocenters. The molecule has 4 nitrogen and oxygen atoms in total. The molecule has 1 aliphatic heterocycles. The predicted molar refractivity (Wildman–Crippen MR) is 72.7 cm³/mol. The van der Waals surface area contributed by atoms with Crippen molar-refractivity contribution in [2.45, 2.75) is 13.8 Å². The van der Waals surface area contributed by atoms with E-state index < -0.39 is 0 Å². The molecule has 17 heavy (non-hydrogen) atoms. The van der Waals surface area contributed by atoms with E-state index in [2.05, 4.69) is 46.1 Å². The number of rotatable bonds is 4. The van der Waals surface area contributed by atoms with Gasteiger partial charge in [-0.3, -0.25) is 0 Å². The zero-order chi connectivity index (χ0) is 12.1. The Morgan fingerprint density at radius 3 is 2.59 bits per heavy atom. The lowest BCUT2D eigenvalue weighted by molar-refractivity contribution is 0.270. The Morgan fingerprint density at radius 1 is 1.18 bits per heavy atom. The van der Waals surface area contributed by atoms with E-state index in [-0.39, 0.29) is 0 Å². The molecule has 1 saturated heterocycles. The van der Waals surface area contributed by atoms with Crippen LogP contribution in [0.25, 0.3) is 0 Å². The first-order valence-electron chi connectivity index (χ1n) is 6.51. The molecule has 0 atom stereocenters. The van der Waals surface area contributed by atoms with E-state index in [1.54, 1.807) is 0 Å². The van der Waals surface area contributed by atoms with Crippen LogP contribution in [0, 0.1) is 0 Å². The highest BCUT2D eigenvalue weighted by molar-refractivity contribution is 5.47. The maximum atomic E-state index is 4.63. The Bertz CT molecular complexity index is 345. The summed E-state index contributed by atoms with van der Waals surface area (Å²) in [6.07, 6.45) is 0. The van der Waals surface area contributed by atoms with Gasteiger partial charge in [0.05, 0.1) is 0 Å². The number of hydrogen-bond donors (Lipinski definition) is 1. The van der Waals surface area contributed by atoms with Gasteiger partial charge in [0.1, 0.15) is 11.6 Å². The molecule has 0 bridgehead atoms. The summed E-state index contributed by atoms with van der Waals surface area (Å²) in [5, 5.41) is 3.26. The van der Waals surface area contributed by atoms with Crippen molar-refractivity contribution in [3.05, 3.63) is 18.2 Å². The zero-order valence-corrected chi connectivity index (χ0v) is 10.8. The number of aromatic nitrogens is 1. The molecule has 2 heterocycles. The molecule has 4 heteroatoms. The van der Waals surface area contributed by atoms with Gasteiger partial charge in [-0.2, -0.15) is 0 Å². The molecule has 1 aromatic rings. The van der Waals surface area contributed by atoms with Crippen LogP contribution in [0.3, 0.4) is 0 Å². The van der Waals surface area contributed by atoms with Gasteiger partial charge >= 0.3 is 0 Å². The number of pyridine rings is 1. The SMILES string of the molecule is CCNc1cccc(N2CCN(CC)CC2)n1. The average molecular weight is 234 g/mol. The first-order valence-corrected chi connectivity index (χ1v) is 6.51. The molecule has 1 fully saturated rings. The van der Waals surface area contributed by atoms with Crippen LogP contribution >= 0.6 is 0 Å². The molecule has 0 aromatic carbocycles. The smallest absolute Gasteiger partial charge is 0.131 e. The minimum atomic E-state index is 0.917. The normalized spacial score (nSPS) is 17.2. The minimum absolute atomic E-state index is 0.917. The molecular weight excluding hydrogens is 212 g/mol. The fraction of sp³-hybridized carbons (Fsp3) is 0.615. The molecule has 1 aliphatic rings. The number of piperazine rings is 1. The molecule has 1 N–H and O–H groups in total. The van der Waals surface area contributed by atoms with Crippen molar-refractivity contribution < 1.29 is 0 Å². The Labute approximate surface area is 104 Å². The quantitative estimate of drug-likeness (QED) is 0.858.